The van der Waals surface area contributed by atoms with Crippen molar-refractivity contribution < 1.29 is 4.74 Å². The van der Waals surface area contributed by atoms with E-state index in [-0.39, 0.29) is 5.56 Å². The molecular formula is C12H7N4O. The Balaban J connectivity index is 2.33. The monoisotopic (exact) mass is 223 g/mol. The molecule has 0 unspecified atom stereocenters. The fourth-order valence-electron chi connectivity index (χ4n) is 1.31. The van der Waals surface area contributed by atoms with Gasteiger partial charge in [-0.25, -0.2) is 4.68 Å². The Bertz CT molecular complexity index is 631. The number of benzene rings is 1. The summed E-state index contributed by atoms with van der Waals surface area (Å²) >= 11 is 0. The quantitative estimate of drug-likeness (QED) is 0.777. The lowest BCUT2D eigenvalue weighted by Crippen LogP contribution is -1.95. The molecule has 1 radical (unpaired) electrons. The molecule has 0 atom stereocenters. The van der Waals surface area contributed by atoms with E-state index in [9.17, 15) is 0 Å². The summed E-state index contributed by atoms with van der Waals surface area (Å²) in [6.07, 6.45) is 2.64. The average Bonchev–Trinajstić information content (AvgIpc) is 2.75. The zero-order valence-electron chi connectivity index (χ0n) is 9.01. The number of hydrogen-bond donors (Lipinski definition) is 0. The van der Waals surface area contributed by atoms with Crippen LogP contribution in [0.25, 0.3) is 0 Å². The van der Waals surface area contributed by atoms with Crippen LogP contribution < -0.4 is 4.74 Å². The van der Waals surface area contributed by atoms with Gasteiger partial charge < -0.3 is 4.74 Å². The molecule has 1 aromatic heterocycles. The zero-order chi connectivity index (χ0) is 12.3. The van der Waals surface area contributed by atoms with Crippen molar-refractivity contribution in [3.05, 3.63) is 41.6 Å². The maximum atomic E-state index is 8.87. The molecule has 2 rings (SSSR count). The minimum Gasteiger partial charge on any atom is -0.439 e. The molecule has 0 spiro atoms. The highest BCUT2D eigenvalue weighted by molar-refractivity contribution is 5.49. The molecule has 2 aromatic rings. The lowest BCUT2D eigenvalue weighted by molar-refractivity contribution is 0.430. The van der Waals surface area contributed by atoms with Gasteiger partial charge in [0.15, 0.2) is 0 Å². The predicted octanol–water partition coefficient (Wildman–Crippen LogP) is 1.76. The van der Waals surface area contributed by atoms with Gasteiger partial charge in [0.25, 0.3) is 0 Å². The van der Waals surface area contributed by atoms with Gasteiger partial charge >= 0.3 is 0 Å². The summed E-state index contributed by atoms with van der Waals surface area (Å²) in [7, 11) is 1.72. The summed E-state index contributed by atoms with van der Waals surface area (Å²) in [5.41, 5.74) is 0.618. The molecule has 0 aliphatic rings. The third-order valence-electron chi connectivity index (χ3n) is 2.17. The van der Waals surface area contributed by atoms with E-state index in [1.807, 2.05) is 12.1 Å². The van der Waals surface area contributed by atoms with Gasteiger partial charge in [-0.2, -0.15) is 15.6 Å². The van der Waals surface area contributed by atoms with Crippen molar-refractivity contribution in [1.82, 2.24) is 9.78 Å². The molecule has 0 aliphatic heterocycles. The van der Waals surface area contributed by atoms with Crippen LogP contribution >= 0.6 is 0 Å². The van der Waals surface area contributed by atoms with Crippen molar-refractivity contribution >= 4 is 0 Å². The van der Waals surface area contributed by atoms with Crippen LogP contribution in [-0.4, -0.2) is 9.78 Å². The molecule has 0 saturated carbocycles. The highest BCUT2D eigenvalue weighted by Gasteiger charge is 2.06. The first-order chi connectivity index (χ1) is 8.24. The first-order valence-corrected chi connectivity index (χ1v) is 4.77. The zero-order valence-corrected chi connectivity index (χ0v) is 9.01. The number of rotatable bonds is 2. The second-order valence-corrected chi connectivity index (χ2v) is 3.27. The Hall–Kier alpha value is -2.79. The molecule has 0 aliphatic carbocycles. The summed E-state index contributed by atoms with van der Waals surface area (Å²) in [6, 6.07) is 10.2. The number of aryl methyl sites for hydroxylation is 1. The summed E-state index contributed by atoms with van der Waals surface area (Å²) in [5, 5.41) is 21.5. The van der Waals surface area contributed by atoms with Crippen molar-refractivity contribution in [2.45, 2.75) is 0 Å². The molecule has 0 N–H and O–H groups in total. The lowest BCUT2D eigenvalue weighted by Gasteiger charge is -2.05. The second-order valence-electron chi connectivity index (χ2n) is 3.27. The fraction of sp³-hybridized carbons (Fsp3) is 0.0833. The minimum absolute atomic E-state index is 0.288. The molecule has 5 nitrogen and oxygen atoms in total. The summed E-state index contributed by atoms with van der Waals surface area (Å²) in [4.78, 5) is 0. The Morgan fingerprint density at radius 1 is 1.29 bits per heavy atom. The highest BCUT2D eigenvalue weighted by Crippen LogP contribution is 2.22. The summed E-state index contributed by atoms with van der Waals surface area (Å²) in [6.45, 7) is 0. The molecule has 81 valence electrons. The van der Waals surface area contributed by atoms with E-state index >= 15 is 0 Å². The molecule has 5 heteroatoms. The molecular weight excluding hydrogens is 216 g/mol. The predicted molar refractivity (Wildman–Crippen MR) is 58.0 cm³/mol. The molecule has 0 bridgehead atoms. The van der Waals surface area contributed by atoms with E-state index < -0.39 is 0 Å². The smallest absolute Gasteiger partial charge is 0.218 e. The Morgan fingerprint density at radius 2 is 2.06 bits per heavy atom. The molecule has 0 saturated heterocycles. The van der Waals surface area contributed by atoms with Gasteiger partial charge in [-0.05, 0) is 18.2 Å². The number of nitriles is 2. The molecule has 17 heavy (non-hydrogen) atoms. The van der Waals surface area contributed by atoms with Crippen molar-refractivity contribution in [1.29, 1.82) is 10.5 Å². The van der Waals surface area contributed by atoms with Gasteiger partial charge in [0.1, 0.15) is 24.1 Å². The largest absolute Gasteiger partial charge is 0.439 e. The molecule has 0 amide bonds. The van der Waals surface area contributed by atoms with Crippen molar-refractivity contribution in [2.75, 3.05) is 0 Å². The van der Waals surface area contributed by atoms with Crippen molar-refractivity contribution in [3.63, 3.8) is 0 Å². The second kappa shape index (κ2) is 4.38. The molecule has 0 fully saturated rings. The Labute approximate surface area is 98.1 Å². The van der Waals surface area contributed by atoms with E-state index in [0.717, 1.165) is 0 Å². The normalized spacial score (nSPS) is 9.35. The van der Waals surface area contributed by atoms with Gasteiger partial charge in [-0.3, -0.25) is 0 Å². The summed E-state index contributed by atoms with van der Waals surface area (Å²) < 4.78 is 7.02. The highest BCUT2D eigenvalue weighted by atomic mass is 16.5. The van der Waals surface area contributed by atoms with Gasteiger partial charge in [-0.15, -0.1) is 0 Å². The van der Waals surface area contributed by atoms with Crippen molar-refractivity contribution in [3.8, 4) is 23.8 Å². The SMILES string of the molecule is Cn1n[c]cc1Oc1ccc(C#N)c(C#N)c1. The first-order valence-electron chi connectivity index (χ1n) is 4.77. The third kappa shape index (κ3) is 2.09. The Kier molecular flexibility index (Phi) is 2.76. The first kappa shape index (κ1) is 10.7. The van der Waals surface area contributed by atoms with E-state index in [2.05, 4.69) is 11.3 Å². The van der Waals surface area contributed by atoms with Crippen LogP contribution in [0.3, 0.4) is 0 Å². The maximum absolute atomic E-state index is 8.87. The Morgan fingerprint density at radius 3 is 2.65 bits per heavy atom. The van der Waals surface area contributed by atoms with Crippen LogP contribution in [0.5, 0.6) is 11.6 Å². The van der Waals surface area contributed by atoms with Gasteiger partial charge in [0.2, 0.25) is 5.88 Å². The van der Waals surface area contributed by atoms with E-state index in [1.165, 1.54) is 10.7 Å². The van der Waals surface area contributed by atoms with Crippen LogP contribution in [0.2, 0.25) is 0 Å². The fourth-order valence-corrected chi connectivity index (χ4v) is 1.31. The van der Waals surface area contributed by atoms with Crippen LogP contribution in [0.4, 0.5) is 0 Å². The van der Waals surface area contributed by atoms with Gasteiger partial charge in [0.05, 0.1) is 11.1 Å². The van der Waals surface area contributed by atoms with Gasteiger partial charge in [-0.1, -0.05) is 0 Å². The van der Waals surface area contributed by atoms with E-state index in [1.54, 1.807) is 25.2 Å². The third-order valence-corrected chi connectivity index (χ3v) is 2.17. The minimum atomic E-state index is 0.288. The van der Waals surface area contributed by atoms with Crippen molar-refractivity contribution in [2.24, 2.45) is 7.05 Å². The number of nitrogens with zero attached hydrogens (tertiary/aromatic N) is 4. The number of aromatic nitrogens is 2. The van der Waals surface area contributed by atoms with Gasteiger partial charge in [0, 0.05) is 13.1 Å². The van der Waals surface area contributed by atoms with E-state index in [4.69, 9.17) is 15.3 Å². The average molecular weight is 223 g/mol. The topological polar surface area (TPSA) is 74.6 Å². The van der Waals surface area contributed by atoms with Crippen LogP contribution in [0.1, 0.15) is 11.1 Å². The number of hydrogen-bond acceptors (Lipinski definition) is 4. The standard InChI is InChI=1S/C12H7N4O/c1-16-12(4-5-15-16)17-11-3-2-9(7-13)10(6-11)8-14/h2-4,6H,1H3. The van der Waals surface area contributed by atoms with Crippen LogP contribution in [0, 0.1) is 28.9 Å². The summed E-state index contributed by atoms with van der Waals surface area (Å²) in [5.74, 6) is 0.996. The molecule has 1 aromatic carbocycles. The van der Waals surface area contributed by atoms with Crippen LogP contribution in [0.15, 0.2) is 24.3 Å². The number of ether oxygens (including phenoxy) is 1. The maximum Gasteiger partial charge on any atom is 0.218 e. The van der Waals surface area contributed by atoms with Crippen LogP contribution in [-0.2, 0) is 7.05 Å². The lowest BCUT2D eigenvalue weighted by atomic mass is 10.1. The molecule has 1 heterocycles. The van der Waals surface area contributed by atoms with E-state index in [0.29, 0.717) is 17.2 Å².